The van der Waals surface area contributed by atoms with Gasteiger partial charge in [0.25, 0.3) is 0 Å². The smallest absolute Gasteiger partial charge is 0.303 e. The van der Waals surface area contributed by atoms with Gasteiger partial charge in [-0.2, -0.15) is 0 Å². The molecule has 0 heterocycles. The Morgan fingerprint density at radius 2 is 1.53 bits per heavy atom. The maximum Gasteiger partial charge on any atom is 0.303 e. The molecule has 0 aromatic heterocycles. The number of rotatable bonds is 8. The van der Waals surface area contributed by atoms with Gasteiger partial charge >= 0.3 is 5.97 Å². The fourth-order valence-corrected chi connectivity index (χ4v) is 1.89. The normalized spacial score (nSPS) is 11.3. The number of carbonyl (C=O) groups is 2. The molecule has 17 heavy (non-hydrogen) atoms. The van der Waals surface area contributed by atoms with Gasteiger partial charge < -0.3 is 10.0 Å². The first-order chi connectivity index (χ1) is 7.82. The van der Waals surface area contributed by atoms with Crippen LogP contribution in [0.4, 0.5) is 0 Å². The van der Waals surface area contributed by atoms with Crippen molar-refractivity contribution in [2.24, 2.45) is 5.41 Å². The Morgan fingerprint density at radius 1 is 1.06 bits per heavy atom. The molecule has 0 aromatic carbocycles. The molecular formula is C13H25NO3. The standard InChI is InChI=1S/C13H25NO3/c1-5-7-14(8-6-2)11(15)9-13(3,4)10-12(16)17/h5-10H2,1-4H3,(H,16,17). The van der Waals surface area contributed by atoms with Crippen molar-refractivity contribution >= 4 is 11.9 Å². The quantitative estimate of drug-likeness (QED) is 0.712. The summed E-state index contributed by atoms with van der Waals surface area (Å²) in [6.45, 7) is 9.26. The third kappa shape index (κ3) is 6.97. The Labute approximate surface area is 104 Å². The van der Waals surface area contributed by atoms with Crippen LogP contribution < -0.4 is 0 Å². The van der Waals surface area contributed by atoms with E-state index in [1.807, 2.05) is 32.6 Å². The summed E-state index contributed by atoms with van der Waals surface area (Å²) in [5, 5.41) is 8.78. The van der Waals surface area contributed by atoms with E-state index in [1.54, 1.807) is 0 Å². The van der Waals surface area contributed by atoms with E-state index >= 15 is 0 Å². The van der Waals surface area contributed by atoms with Crippen LogP contribution in [0.3, 0.4) is 0 Å². The summed E-state index contributed by atoms with van der Waals surface area (Å²) in [6, 6.07) is 0. The summed E-state index contributed by atoms with van der Waals surface area (Å²) in [5.74, 6) is -0.778. The van der Waals surface area contributed by atoms with Crippen molar-refractivity contribution < 1.29 is 14.7 Å². The van der Waals surface area contributed by atoms with Crippen LogP contribution in [0, 0.1) is 5.41 Å². The fourth-order valence-electron chi connectivity index (χ4n) is 1.89. The molecule has 0 spiro atoms. The van der Waals surface area contributed by atoms with Crippen molar-refractivity contribution in [2.75, 3.05) is 13.1 Å². The molecule has 0 aliphatic rings. The lowest BCUT2D eigenvalue weighted by Gasteiger charge is -2.27. The van der Waals surface area contributed by atoms with Gasteiger partial charge in [-0.25, -0.2) is 0 Å². The minimum Gasteiger partial charge on any atom is -0.481 e. The number of hydrogen-bond donors (Lipinski definition) is 1. The van der Waals surface area contributed by atoms with Crippen LogP contribution in [0.15, 0.2) is 0 Å². The van der Waals surface area contributed by atoms with Crippen LogP contribution in [0.5, 0.6) is 0 Å². The van der Waals surface area contributed by atoms with Crippen LogP contribution in [-0.2, 0) is 9.59 Å². The molecule has 4 nitrogen and oxygen atoms in total. The number of hydrogen-bond acceptors (Lipinski definition) is 2. The van der Waals surface area contributed by atoms with E-state index in [-0.39, 0.29) is 12.3 Å². The fraction of sp³-hybridized carbons (Fsp3) is 0.846. The summed E-state index contributed by atoms with van der Waals surface area (Å²) >= 11 is 0. The monoisotopic (exact) mass is 243 g/mol. The van der Waals surface area contributed by atoms with Crippen LogP contribution in [0.2, 0.25) is 0 Å². The van der Waals surface area contributed by atoms with Gasteiger partial charge in [0, 0.05) is 19.5 Å². The van der Waals surface area contributed by atoms with Crippen LogP contribution in [-0.4, -0.2) is 35.0 Å². The third-order valence-corrected chi connectivity index (χ3v) is 2.60. The molecule has 0 saturated carbocycles. The maximum atomic E-state index is 12.1. The molecule has 0 aliphatic carbocycles. The van der Waals surface area contributed by atoms with Gasteiger partial charge in [0.15, 0.2) is 0 Å². The average Bonchev–Trinajstić information content (AvgIpc) is 2.14. The van der Waals surface area contributed by atoms with Crippen molar-refractivity contribution in [3.63, 3.8) is 0 Å². The second kappa shape index (κ2) is 7.30. The lowest BCUT2D eigenvalue weighted by atomic mass is 9.85. The van der Waals surface area contributed by atoms with Gasteiger partial charge in [-0.05, 0) is 18.3 Å². The maximum absolute atomic E-state index is 12.1. The van der Waals surface area contributed by atoms with Crippen LogP contribution in [0.1, 0.15) is 53.4 Å². The minimum absolute atomic E-state index is 0.0326. The predicted molar refractivity (Wildman–Crippen MR) is 67.8 cm³/mol. The van der Waals surface area contributed by atoms with E-state index in [4.69, 9.17) is 5.11 Å². The SMILES string of the molecule is CCCN(CCC)C(=O)CC(C)(C)CC(=O)O. The summed E-state index contributed by atoms with van der Waals surface area (Å²) in [5.41, 5.74) is -0.470. The number of carboxylic acid groups (broad SMARTS) is 1. The zero-order valence-electron chi connectivity index (χ0n) is 11.5. The van der Waals surface area contributed by atoms with Gasteiger partial charge in [-0.15, -0.1) is 0 Å². The lowest BCUT2D eigenvalue weighted by Crippen LogP contribution is -2.36. The highest BCUT2D eigenvalue weighted by molar-refractivity contribution is 5.78. The van der Waals surface area contributed by atoms with E-state index in [9.17, 15) is 9.59 Å². The zero-order chi connectivity index (χ0) is 13.5. The number of carbonyl (C=O) groups excluding carboxylic acids is 1. The lowest BCUT2D eigenvalue weighted by molar-refractivity contribution is -0.140. The molecule has 0 saturated heterocycles. The molecule has 0 radical (unpaired) electrons. The number of carboxylic acids is 1. The van der Waals surface area contributed by atoms with Crippen molar-refractivity contribution in [3.05, 3.63) is 0 Å². The summed E-state index contributed by atoms with van der Waals surface area (Å²) < 4.78 is 0. The largest absolute Gasteiger partial charge is 0.481 e. The van der Waals surface area contributed by atoms with E-state index in [1.165, 1.54) is 0 Å². The molecule has 0 atom stereocenters. The van der Waals surface area contributed by atoms with Gasteiger partial charge in [-0.3, -0.25) is 9.59 Å². The Kier molecular flexibility index (Phi) is 6.85. The van der Waals surface area contributed by atoms with E-state index in [0.717, 1.165) is 25.9 Å². The van der Waals surface area contributed by atoms with Crippen molar-refractivity contribution in [2.45, 2.75) is 53.4 Å². The van der Waals surface area contributed by atoms with E-state index in [2.05, 4.69) is 0 Å². The van der Waals surface area contributed by atoms with Gasteiger partial charge in [-0.1, -0.05) is 27.7 Å². The molecule has 1 amide bonds. The van der Waals surface area contributed by atoms with Gasteiger partial charge in [0.1, 0.15) is 0 Å². The van der Waals surface area contributed by atoms with Crippen LogP contribution >= 0.6 is 0 Å². The summed E-state index contributed by atoms with van der Waals surface area (Å²) in [6.07, 6.45) is 2.21. The van der Waals surface area contributed by atoms with Crippen molar-refractivity contribution in [3.8, 4) is 0 Å². The van der Waals surface area contributed by atoms with E-state index in [0.29, 0.717) is 6.42 Å². The molecule has 0 aliphatic heterocycles. The Bertz CT molecular complexity index is 255. The first-order valence-electron chi connectivity index (χ1n) is 6.32. The molecule has 0 rings (SSSR count). The Hall–Kier alpha value is -1.06. The molecule has 100 valence electrons. The number of nitrogens with zero attached hydrogens (tertiary/aromatic N) is 1. The second-order valence-electron chi connectivity index (χ2n) is 5.29. The van der Waals surface area contributed by atoms with Gasteiger partial charge in [0.2, 0.25) is 5.91 Å². The van der Waals surface area contributed by atoms with Crippen LogP contribution in [0.25, 0.3) is 0 Å². The zero-order valence-corrected chi connectivity index (χ0v) is 11.5. The van der Waals surface area contributed by atoms with Crippen molar-refractivity contribution in [1.29, 1.82) is 0 Å². The highest BCUT2D eigenvalue weighted by Crippen LogP contribution is 2.26. The van der Waals surface area contributed by atoms with Gasteiger partial charge in [0.05, 0.1) is 6.42 Å². The topological polar surface area (TPSA) is 57.6 Å². The second-order valence-corrected chi connectivity index (χ2v) is 5.29. The first-order valence-corrected chi connectivity index (χ1v) is 6.32. The molecule has 0 bridgehead atoms. The highest BCUT2D eigenvalue weighted by atomic mass is 16.4. The Morgan fingerprint density at radius 3 is 1.88 bits per heavy atom. The minimum atomic E-state index is -0.847. The summed E-state index contributed by atoms with van der Waals surface area (Å²) in [4.78, 5) is 24.6. The average molecular weight is 243 g/mol. The molecular weight excluding hydrogens is 218 g/mol. The Balaban J connectivity index is 4.41. The highest BCUT2D eigenvalue weighted by Gasteiger charge is 2.27. The molecule has 1 N–H and O–H groups in total. The number of aliphatic carboxylic acids is 1. The van der Waals surface area contributed by atoms with Crippen molar-refractivity contribution in [1.82, 2.24) is 4.90 Å². The molecule has 0 fully saturated rings. The summed E-state index contributed by atoms with van der Waals surface area (Å²) in [7, 11) is 0. The number of amides is 1. The molecule has 4 heteroatoms. The molecule has 0 unspecified atom stereocenters. The third-order valence-electron chi connectivity index (χ3n) is 2.60. The first kappa shape index (κ1) is 15.9. The van der Waals surface area contributed by atoms with E-state index < -0.39 is 11.4 Å². The molecule has 0 aromatic rings. The predicted octanol–water partition coefficient (Wildman–Crippen LogP) is 2.53.